The third-order valence-electron chi connectivity index (χ3n) is 4.04. The molecule has 6 nitrogen and oxygen atoms in total. The fraction of sp³-hybridized carbons (Fsp3) is 0.444. The lowest BCUT2D eigenvalue weighted by molar-refractivity contribution is 0.0913. The van der Waals surface area contributed by atoms with Gasteiger partial charge in [-0.1, -0.05) is 6.07 Å². The number of aromatic nitrogens is 1. The Morgan fingerprint density at radius 2 is 2.17 bits per heavy atom. The minimum Gasteiger partial charge on any atom is -0.474 e. The summed E-state index contributed by atoms with van der Waals surface area (Å²) in [5.74, 6) is 1.22. The zero-order valence-corrected chi connectivity index (χ0v) is 13.8. The molecule has 1 N–H and O–H groups in total. The highest BCUT2D eigenvalue weighted by Crippen LogP contribution is 2.25. The molecule has 0 unspecified atom stereocenters. The average Bonchev–Trinajstić information content (AvgIpc) is 3.26. The summed E-state index contributed by atoms with van der Waals surface area (Å²) < 4.78 is 16.4. The standard InChI is InChI=1S/C18H22N2O4/c1-22-12-15-8-9-16(23-15)17(21)20-11-13-5-4-10-19-18(13)24-14-6-2-3-7-14/h4-5,8-10,14H,2-3,6-7,11-12H2,1H3,(H,20,21). The van der Waals surface area contributed by atoms with Gasteiger partial charge in [-0.25, -0.2) is 4.98 Å². The summed E-state index contributed by atoms with van der Waals surface area (Å²) in [5.41, 5.74) is 0.862. The van der Waals surface area contributed by atoms with E-state index < -0.39 is 0 Å². The second-order valence-electron chi connectivity index (χ2n) is 5.87. The largest absolute Gasteiger partial charge is 0.474 e. The van der Waals surface area contributed by atoms with Crippen LogP contribution in [0.2, 0.25) is 0 Å². The maximum atomic E-state index is 12.2. The van der Waals surface area contributed by atoms with E-state index in [1.807, 2.05) is 12.1 Å². The Morgan fingerprint density at radius 3 is 2.96 bits per heavy atom. The lowest BCUT2D eigenvalue weighted by atomic mass is 10.2. The fourth-order valence-corrected chi connectivity index (χ4v) is 2.81. The molecule has 0 aromatic carbocycles. The van der Waals surface area contributed by atoms with E-state index in [-0.39, 0.29) is 17.8 Å². The Balaban J connectivity index is 1.60. The molecule has 2 aromatic rings. The second-order valence-corrected chi connectivity index (χ2v) is 5.87. The minimum absolute atomic E-state index is 0.232. The smallest absolute Gasteiger partial charge is 0.287 e. The van der Waals surface area contributed by atoms with E-state index in [0.717, 1.165) is 18.4 Å². The van der Waals surface area contributed by atoms with E-state index >= 15 is 0 Å². The van der Waals surface area contributed by atoms with Crippen LogP contribution in [-0.4, -0.2) is 24.1 Å². The van der Waals surface area contributed by atoms with Crippen molar-refractivity contribution in [2.75, 3.05) is 7.11 Å². The lowest BCUT2D eigenvalue weighted by Crippen LogP contribution is -2.23. The number of hydrogen-bond acceptors (Lipinski definition) is 5. The van der Waals surface area contributed by atoms with Crippen molar-refractivity contribution in [3.05, 3.63) is 47.5 Å². The summed E-state index contributed by atoms with van der Waals surface area (Å²) in [6.45, 7) is 0.685. The summed E-state index contributed by atoms with van der Waals surface area (Å²) in [6, 6.07) is 7.13. The number of carbonyl (C=O) groups excluding carboxylic acids is 1. The van der Waals surface area contributed by atoms with Gasteiger partial charge < -0.3 is 19.2 Å². The van der Waals surface area contributed by atoms with E-state index in [0.29, 0.717) is 24.8 Å². The molecule has 2 aromatic heterocycles. The van der Waals surface area contributed by atoms with Gasteiger partial charge in [0.1, 0.15) is 18.5 Å². The SMILES string of the molecule is COCc1ccc(C(=O)NCc2cccnc2OC2CCCC2)o1. The Hall–Kier alpha value is -2.34. The van der Waals surface area contributed by atoms with Gasteiger partial charge >= 0.3 is 0 Å². The molecule has 128 valence electrons. The Bertz CT molecular complexity index is 677. The number of nitrogens with zero attached hydrogens (tertiary/aromatic N) is 1. The van der Waals surface area contributed by atoms with E-state index in [9.17, 15) is 4.79 Å². The van der Waals surface area contributed by atoms with Gasteiger partial charge in [0.2, 0.25) is 5.88 Å². The summed E-state index contributed by atoms with van der Waals surface area (Å²) in [5, 5.41) is 2.84. The summed E-state index contributed by atoms with van der Waals surface area (Å²) in [6.07, 6.45) is 6.47. The maximum Gasteiger partial charge on any atom is 0.287 e. The van der Waals surface area contributed by atoms with Crippen molar-refractivity contribution in [3.63, 3.8) is 0 Å². The van der Waals surface area contributed by atoms with Crippen molar-refractivity contribution in [1.82, 2.24) is 10.3 Å². The number of hydrogen-bond donors (Lipinski definition) is 1. The average molecular weight is 330 g/mol. The van der Waals surface area contributed by atoms with Gasteiger partial charge in [-0.3, -0.25) is 4.79 Å². The molecule has 1 aliphatic carbocycles. The van der Waals surface area contributed by atoms with Gasteiger partial charge in [0.15, 0.2) is 5.76 Å². The summed E-state index contributed by atoms with van der Waals surface area (Å²) >= 11 is 0. The zero-order chi connectivity index (χ0) is 16.8. The molecule has 3 rings (SSSR count). The fourth-order valence-electron chi connectivity index (χ4n) is 2.81. The predicted octanol–water partition coefficient (Wildman–Crippen LogP) is 3.07. The summed E-state index contributed by atoms with van der Waals surface area (Å²) in [7, 11) is 1.58. The molecule has 0 spiro atoms. The lowest BCUT2D eigenvalue weighted by Gasteiger charge is -2.15. The van der Waals surface area contributed by atoms with Crippen LogP contribution in [-0.2, 0) is 17.9 Å². The molecule has 1 saturated carbocycles. The second kappa shape index (κ2) is 7.97. The van der Waals surface area contributed by atoms with Gasteiger partial charge in [0, 0.05) is 25.4 Å². The van der Waals surface area contributed by atoms with Gasteiger partial charge in [-0.15, -0.1) is 0 Å². The first-order chi connectivity index (χ1) is 11.8. The molecule has 1 amide bonds. The van der Waals surface area contributed by atoms with Crippen molar-refractivity contribution < 1.29 is 18.7 Å². The highest BCUT2D eigenvalue weighted by Gasteiger charge is 2.19. The van der Waals surface area contributed by atoms with Crippen LogP contribution in [0.4, 0.5) is 0 Å². The van der Waals surface area contributed by atoms with E-state index in [1.54, 1.807) is 25.4 Å². The van der Waals surface area contributed by atoms with Gasteiger partial charge in [0.05, 0.1) is 0 Å². The first-order valence-electron chi connectivity index (χ1n) is 8.22. The molecular formula is C18H22N2O4. The number of methoxy groups -OCH3 is 1. The molecule has 1 fully saturated rings. The molecule has 0 atom stereocenters. The number of nitrogens with one attached hydrogen (secondary N) is 1. The predicted molar refractivity (Wildman–Crippen MR) is 87.7 cm³/mol. The van der Waals surface area contributed by atoms with Crippen LogP contribution in [0, 0.1) is 0 Å². The number of rotatable bonds is 7. The molecular weight excluding hydrogens is 308 g/mol. The van der Waals surface area contributed by atoms with Crippen LogP contribution in [0.15, 0.2) is 34.9 Å². The van der Waals surface area contributed by atoms with Crippen molar-refractivity contribution in [2.45, 2.75) is 44.9 Å². The number of carbonyl (C=O) groups is 1. The third-order valence-corrected chi connectivity index (χ3v) is 4.04. The number of amides is 1. The number of furan rings is 1. The van der Waals surface area contributed by atoms with E-state index in [4.69, 9.17) is 13.9 Å². The van der Waals surface area contributed by atoms with Crippen molar-refractivity contribution in [1.29, 1.82) is 0 Å². The van der Waals surface area contributed by atoms with Gasteiger partial charge in [-0.2, -0.15) is 0 Å². The quantitative estimate of drug-likeness (QED) is 0.844. The molecule has 2 heterocycles. The number of ether oxygens (including phenoxy) is 2. The first kappa shape index (κ1) is 16.5. The molecule has 6 heteroatoms. The van der Waals surface area contributed by atoms with Crippen molar-refractivity contribution in [3.8, 4) is 5.88 Å². The van der Waals surface area contributed by atoms with Gasteiger partial charge in [0.25, 0.3) is 5.91 Å². The molecule has 0 radical (unpaired) electrons. The summed E-state index contributed by atoms with van der Waals surface area (Å²) in [4.78, 5) is 16.5. The normalized spacial score (nSPS) is 14.7. The highest BCUT2D eigenvalue weighted by molar-refractivity contribution is 5.91. The van der Waals surface area contributed by atoms with Crippen LogP contribution in [0.3, 0.4) is 0 Å². The molecule has 0 saturated heterocycles. The molecule has 0 bridgehead atoms. The van der Waals surface area contributed by atoms with E-state index in [2.05, 4.69) is 10.3 Å². The van der Waals surface area contributed by atoms with Crippen molar-refractivity contribution in [2.24, 2.45) is 0 Å². The van der Waals surface area contributed by atoms with Crippen LogP contribution >= 0.6 is 0 Å². The van der Waals surface area contributed by atoms with Gasteiger partial charge in [-0.05, 0) is 43.9 Å². The monoisotopic (exact) mass is 330 g/mol. The Kier molecular flexibility index (Phi) is 5.48. The van der Waals surface area contributed by atoms with Crippen LogP contribution in [0.1, 0.15) is 47.6 Å². The van der Waals surface area contributed by atoms with Crippen LogP contribution in [0.25, 0.3) is 0 Å². The molecule has 24 heavy (non-hydrogen) atoms. The maximum absolute atomic E-state index is 12.2. The molecule has 0 aliphatic heterocycles. The zero-order valence-electron chi connectivity index (χ0n) is 13.8. The number of pyridine rings is 1. The third kappa shape index (κ3) is 4.14. The van der Waals surface area contributed by atoms with Crippen LogP contribution in [0.5, 0.6) is 5.88 Å². The van der Waals surface area contributed by atoms with Crippen molar-refractivity contribution >= 4 is 5.91 Å². The highest BCUT2D eigenvalue weighted by atomic mass is 16.5. The topological polar surface area (TPSA) is 73.6 Å². The Morgan fingerprint density at radius 1 is 1.33 bits per heavy atom. The minimum atomic E-state index is -0.270. The van der Waals surface area contributed by atoms with Crippen LogP contribution < -0.4 is 10.1 Å². The first-order valence-corrected chi connectivity index (χ1v) is 8.22. The Labute approximate surface area is 141 Å². The molecule has 1 aliphatic rings. The van der Waals surface area contributed by atoms with E-state index in [1.165, 1.54) is 12.8 Å².